The lowest BCUT2D eigenvalue weighted by Gasteiger charge is -2.11. The zero-order chi connectivity index (χ0) is 21.0. The predicted molar refractivity (Wildman–Crippen MR) is 111 cm³/mol. The molecule has 3 aromatic rings. The maximum atomic E-state index is 12.3. The number of aryl methyl sites for hydroxylation is 3. The maximum absolute atomic E-state index is 12.3. The van der Waals surface area contributed by atoms with Crippen molar-refractivity contribution in [3.8, 4) is 11.5 Å². The van der Waals surface area contributed by atoms with Gasteiger partial charge in [-0.15, -0.1) is 10.2 Å². The molecule has 0 saturated carbocycles. The van der Waals surface area contributed by atoms with Crippen molar-refractivity contribution in [2.75, 3.05) is 6.26 Å². The molecule has 3 rings (SSSR count). The topological polar surface area (TPSA) is 91.0 Å². The molecule has 0 fully saturated rings. The van der Waals surface area contributed by atoms with E-state index >= 15 is 0 Å². The van der Waals surface area contributed by atoms with E-state index in [1.165, 1.54) is 11.8 Å². The fourth-order valence-electron chi connectivity index (χ4n) is 2.91. The van der Waals surface area contributed by atoms with Gasteiger partial charge in [-0.1, -0.05) is 29.5 Å². The third kappa shape index (κ3) is 5.20. The van der Waals surface area contributed by atoms with Crippen LogP contribution in [-0.2, 0) is 16.0 Å². The molecule has 1 aromatic carbocycles. The Labute approximate surface area is 174 Å². The van der Waals surface area contributed by atoms with Gasteiger partial charge in [0.25, 0.3) is 5.89 Å². The van der Waals surface area contributed by atoms with Gasteiger partial charge in [-0.25, -0.2) is 9.97 Å². The minimum atomic E-state index is -0.619. The molecule has 0 aliphatic heterocycles. The smallest absolute Gasteiger partial charge is 0.306 e. The van der Waals surface area contributed by atoms with Crippen molar-refractivity contribution >= 4 is 17.7 Å². The second kappa shape index (κ2) is 9.17. The summed E-state index contributed by atoms with van der Waals surface area (Å²) in [6.45, 7) is 7.60. The Kier molecular flexibility index (Phi) is 6.64. The van der Waals surface area contributed by atoms with Crippen LogP contribution in [0.15, 0.2) is 33.8 Å². The van der Waals surface area contributed by atoms with Gasteiger partial charge < -0.3 is 9.15 Å². The van der Waals surface area contributed by atoms with E-state index in [2.05, 4.69) is 20.2 Å². The SMILES string of the molecule is CSc1nc(C)c(CCC(=O)O[C@@H](C)c2nnc(-c3ccc(C)cc3)o2)c(C)n1. The van der Waals surface area contributed by atoms with Crippen LogP contribution in [0.2, 0.25) is 0 Å². The summed E-state index contributed by atoms with van der Waals surface area (Å²) in [7, 11) is 0. The molecule has 0 spiro atoms. The first-order valence-corrected chi connectivity index (χ1v) is 10.6. The monoisotopic (exact) mass is 412 g/mol. The third-order valence-corrected chi connectivity index (χ3v) is 5.10. The number of carbonyl (C=O) groups is 1. The highest BCUT2D eigenvalue weighted by molar-refractivity contribution is 7.98. The third-order valence-electron chi connectivity index (χ3n) is 4.56. The lowest BCUT2D eigenvalue weighted by molar-refractivity contribution is -0.149. The highest BCUT2D eigenvalue weighted by atomic mass is 32.2. The largest absolute Gasteiger partial charge is 0.453 e. The number of rotatable bonds is 7. The van der Waals surface area contributed by atoms with Crippen molar-refractivity contribution in [3.05, 3.63) is 52.7 Å². The number of nitrogens with zero attached hydrogens (tertiary/aromatic N) is 4. The minimum absolute atomic E-state index is 0.229. The van der Waals surface area contributed by atoms with Gasteiger partial charge >= 0.3 is 5.97 Å². The maximum Gasteiger partial charge on any atom is 0.306 e. The van der Waals surface area contributed by atoms with Crippen LogP contribution in [0, 0.1) is 20.8 Å². The van der Waals surface area contributed by atoms with E-state index in [0.717, 1.165) is 33.2 Å². The fraction of sp³-hybridized carbons (Fsp3) is 0.381. The summed E-state index contributed by atoms with van der Waals surface area (Å²) in [5, 5.41) is 8.81. The quantitative estimate of drug-likeness (QED) is 0.320. The molecule has 7 nitrogen and oxygen atoms in total. The first-order valence-electron chi connectivity index (χ1n) is 9.35. The Bertz CT molecular complexity index is 978. The Morgan fingerprint density at radius 2 is 1.76 bits per heavy atom. The van der Waals surface area contributed by atoms with Crippen molar-refractivity contribution in [2.24, 2.45) is 0 Å². The molecule has 29 heavy (non-hydrogen) atoms. The Hall–Kier alpha value is -2.74. The molecule has 0 aliphatic rings. The van der Waals surface area contributed by atoms with E-state index in [9.17, 15) is 4.79 Å². The molecule has 0 unspecified atom stereocenters. The summed E-state index contributed by atoms with van der Waals surface area (Å²) in [6.07, 6.45) is 2.07. The molecule has 0 bridgehead atoms. The summed E-state index contributed by atoms with van der Waals surface area (Å²) in [4.78, 5) is 21.2. The van der Waals surface area contributed by atoms with Crippen LogP contribution in [0.4, 0.5) is 0 Å². The van der Waals surface area contributed by atoms with E-state index in [4.69, 9.17) is 9.15 Å². The zero-order valence-electron chi connectivity index (χ0n) is 17.2. The summed E-state index contributed by atoms with van der Waals surface area (Å²) in [6, 6.07) is 7.78. The van der Waals surface area contributed by atoms with Crippen molar-refractivity contribution in [1.82, 2.24) is 20.2 Å². The number of hydrogen-bond donors (Lipinski definition) is 0. The highest BCUT2D eigenvalue weighted by Gasteiger charge is 2.19. The number of benzene rings is 1. The first-order chi connectivity index (χ1) is 13.9. The van der Waals surface area contributed by atoms with Crippen LogP contribution in [0.5, 0.6) is 0 Å². The minimum Gasteiger partial charge on any atom is -0.453 e. The van der Waals surface area contributed by atoms with Crippen LogP contribution in [0.25, 0.3) is 11.5 Å². The van der Waals surface area contributed by atoms with Crippen LogP contribution in [0.1, 0.15) is 47.9 Å². The molecule has 2 aromatic heterocycles. The summed E-state index contributed by atoms with van der Waals surface area (Å²) in [5.74, 6) is 0.342. The molecule has 152 valence electrons. The average molecular weight is 413 g/mol. The summed E-state index contributed by atoms with van der Waals surface area (Å²) in [5.41, 5.74) is 4.73. The molecule has 2 heterocycles. The van der Waals surface area contributed by atoms with Gasteiger partial charge in [0.1, 0.15) is 0 Å². The van der Waals surface area contributed by atoms with E-state index in [1.54, 1.807) is 6.92 Å². The average Bonchev–Trinajstić information content (AvgIpc) is 3.18. The fourth-order valence-corrected chi connectivity index (χ4v) is 3.36. The van der Waals surface area contributed by atoms with Crippen molar-refractivity contribution in [2.45, 2.75) is 51.8 Å². The Balaban J connectivity index is 1.59. The molecule has 0 amide bonds. The predicted octanol–water partition coefficient (Wildman–Crippen LogP) is 4.41. The summed E-state index contributed by atoms with van der Waals surface area (Å²) >= 11 is 1.50. The van der Waals surface area contributed by atoms with E-state index < -0.39 is 6.10 Å². The number of ether oxygens (including phenoxy) is 1. The molecular formula is C21H24N4O3S. The van der Waals surface area contributed by atoms with Crippen molar-refractivity contribution in [3.63, 3.8) is 0 Å². The van der Waals surface area contributed by atoms with Crippen LogP contribution >= 0.6 is 11.8 Å². The molecule has 0 N–H and O–H groups in total. The van der Waals surface area contributed by atoms with E-state index in [1.807, 2.05) is 51.3 Å². The van der Waals surface area contributed by atoms with Gasteiger partial charge in [0.05, 0.1) is 0 Å². The molecule has 0 aliphatic carbocycles. The normalized spacial score (nSPS) is 12.0. The second-order valence-corrected chi connectivity index (χ2v) is 7.58. The number of carbonyl (C=O) groups excluding carboxylic acids is 1. The van der Waals surface area contributed by atoms with Gasteiger partial charge in [0.2, 0.25) is 5.89 Å². The van der Waals surface area contributed by atoms with Gasteiger partial charge in [-0.3, -0.25) is 4.79 Å². The standard InChI is InChI=1S/C21H24N4O3S/c1-12-6-8-16(9-7-12)20-25-24-19(28-20)15(4)27-18(26)11-10-17-13(2)22-21(29-5)23-14(17)3/h6-9,15H,10-11H2,1-5H3/t15-/m0/s1. The lowest BCUT2D eigenvalue weighted by Crippen LogP contribution is -2.11. The zero-order valence-corrected chi connectivity index (χ0v) is 18.0. The number of aromatic nitrogens is 4. The molecule has 0 saturated heterocycles. The highest BCUT2D eigenvalue weighted by Crippen LogP contribution is 2.23. The van der Waals surface area contributed by atoms with E-state index in [0.29, 0.717) is 12.3 Å². The van der Waals surface area contributed by atoms with E-state index in [-0.39, 0.29) is 18.3 Å². The van der Waals surface area contributed by atoms with Crippen molar-refractivity contribution in [1.29, 1.82) is 0 Å². The van der Waals surface area contributed by atoms with Gasteiger partial charge in [0, 0.05) is 23.4 Å². The Morgan fingerprint density at radius 1 is 1.10 bits per heavy atom. The van der Waals surface area contributed by atoms with Crippen LogP contribution in [0.3, 0.4) is 0 Å². The Morgan fingerprint density at radius 3 is 2.38 bits per heavy atom. The van der Waals surface area contributed by atoms with Crippen LogP contribution in [-0.4, -0.2) is 32.4 Å². The summed E-state index contributed by atoms with van der Waals surface area (Å²) < 4.78 is 11.1. The molecular weight excluding hydrogens is 388 g/mol. The van der Waals surface area contributed by atoms with Crippen molar-refractivity contribution < 1.29 is 13.9 Å². The number of hydrogen-bond acceptors (Lipinski definition) is 8. The number of esters is 1. The van der Waals surface area contributed by atoms with Gasteiger partial charge in [0.15, 0.2) is 11.3 Å². The van der Waals surface area contributed by atoms with Gasteiger partial charge in [-0.2, -0.15) is 0 Å². The van der Waals surface area contributed by atoms with Gasteiger partial charge in [-0.05, 0) is 58.1 Å². The van der Waals surface area contributed by atoms with Crippen LogP contribution < -0.4 is 0 Å². The lowest BCUT2D eigenvalue weighted by atomic mass is 10.1. The molecule has 1 atom stereocenters. The molecule has 0 radical (unpaired) electrons. The first kappa shape index (κ1) is 21.0. The number of thioether (sulfide) groups is 1. The molecule has 8 heteroatoms. The second-order valence-electron chi connectivity index (χ2n) is 6.80.